The van der Waals surface area contributed by atoms with Gasteiger partial charge in [0.2, 0.25) is 0 Å². The summed E-state index contributed by atoms with van der Waals surface area (Å²) in [4.78, 5) is 2.49. The molecule has 0 aliphatic heterocycles. The summed E-state index contributed by atoms with van der Waals surface area (Å²) in [7, 11) is 2.25. The molecule has 3 nitrogen and oxygen atoms in total. The fourth-order valence-electron chi connectivity index (χ4n) is 3.86. The lowest BCUT2D eigenvalue weighted by atomic mass is 9.85. The lowest BCUT2D eigenvalue weighted by Gasteiger charge is -2.36. The first-order valence-electron chi connectivity index (χ1n) is 8.51. The van der Waals surface area contributed by atoms with Crippen LogP contribution in [0, 0.1) is 11.8 Å². The van der Waals surface area contributed by atoms with Gasteiger partial charge in [-0.05, 0) is 64.6 Å². The monoisotopic (exact) mass is 284 g/mol. The third kappa shape index (κ3) is 4.71. The first-order chi connectivity index (χ1) is 9.45. The predicted molar refractivity (Wildman–Crippen MR) is 87.0 cm³/mol. The smallest absolute Gasteiger partial charge is 0.0616 e. The van der Waals surface area contributed by atoms with E-state index in [9.17, 15) is 5.11 Å². The first kappa shape index (κ1) is 17.9. The van der Waals surface area contributed by atoms with E-state index in [-0.39, 0.29) is 12.1 Å². The molecule has 0 amide bonds. The van der Waals surface area contributed by atoms with E-state index >= 15 is 0 Å². The maximum absolute atomic E-state index is 9.84. The van der Waals surface area contributed by atoms with Crippen LogP contribution < -0.4 is 5.32 Å². The van der Waals surface area contributed by atoms with Crippen molar-refractivity contribution >= 4 is 0 Å². The molecule has 20 heavy (non-hydrogen) atoms. The summed E-state index contributed by atoms with van der Waals surface area (Å²) >= 11 is 0. The highest BCUT2D eigenvalue weighted by Gasteiger charge is 2.41. The maximum atomic E-state index is 9.84. The molecule has 1 fully saturated rings. The Morgan fingerprint density at radius 2 is 2.05 bits per heavy atom. The minimum Gasteiger partial charge on any atom is -0.394 e. The van der Waals surface area contributed by atoms with E-state index in [0.717, 1.165) is 25.4 Å². The molecule has 0 aromatic carbocycles. The van der Waals surface area contributed by atoms with Gasteiger partial charge in [-0.15, -0.1) is 0 Å². The number of aliphatic hydroxyl groups is 1. The second kappa shape index (κ2) is 8.35. The highest BCUT2D eigenvalue weighted by molar-refractivity contribution is 4.98. The Kier molecular flexibility index (Phi) is 7.49. The molecule has 0 bridgehead atoms. The molecule has 3 atom stereocenters. The highest BCUT2D eigenvalue weighted by atomic mass is 16.3. The van der Waals surface area contributed by atoms with Crippen molar-refractivity contribution in [2.75, 3.05) is 26.7 Å². The van der Waals surface area contributed by atoms with Gasteiger partial charge in [-0.1, -0.05) is 27.2 Å². The summed E-state index contributed by atoms with van der Waals surface area (Å²) in [6.07, 6.45) is 6.11. The van der Waals surface area contributed by atoms with Crippen molar-refractivity contribution in [3.05, 3.63) is 0 Å². The molecule has 0 saturated heterocycles. The fraction of sp³-hybridized carbons (Fsp3) is 1.00. The summed E-state index contributed by atoms with van der Waals surface area (Å²) in [5.41, 5.74) is -0.00310. The van der Waals surface area contributed by atoms with Gasteiger partial charge in [-0.2, -0.15) is 0 Å². The zero-order chi connectivity index (χ0) is 15.2. The summed E-state index contributed by atoms with van der Waals surface area (Å²) in [6, 6.07) is 0.652. The lowest BCUT2D eigenvalue weighted by Crippen LogP contribution is -2.52. The molecule has 3 unspecified atom stereocenters. The molecule has 0 heterocycles. The van der Waals surface area contributed by atoms with Gasteiger partial charge in [0, 0.05) is 11.6 Å². The fourth-order valence-corrected chi connectivity index (χ4v) is 3.86. The summed E-state index contributed by atoms with van der Waals surface area (Å²) in [6.45, 7) is 11.5. The Labute approximate surface area is 126 Å². The molecule has 1 rings (SSSR count). The Morgan fingerprint density at radius 3 is 2.60 bits per heavy atom. The normalized spacial score (nSPS) is 28.5. The molecule has 0 radical (unpaired) electrons. The number of hydrogen-bond acceptors (Lipinski definition) is 3. The van der Waals surface area contributed by atoms with Gasteiger partial charge in [0.25, 0.3) is 0 Å². The van der Waals surface area contributed by atoms with Crippen molar-refractivity contribution in [2.45, 2.75) is 71.4 Å². The predicted octanol–water partition coefficient (Wildman–Crippen LogP) is 2.88. The number of nitrogens with zero attached hydrogens (tertiary/aromatic N) is 1. The van der Waals surface area contributed by atoms with E-state index < -0.39 is 0 Å². The number of nitrogens with one attached hydrogen (secondary N) is 1. The number of aliphatic hydroxyl groups excluding tert-OH is 1. The van der Waals surface area contributed by atoms with E-state index in [1.165, 1.54) is 25.7 Å². The average Bonchev–Trinajstić information content (AvgIpc) is 2.79. The van der Waals surface area contributed by atoms with Crippen LogP contribution >= 0.6 is 0 Å². The number of rotatable bonds is 9. The van der Waals surface area contributed by atoms with Crippen LogP contribution in [0.15, 0.2) is 0 Å². The van der Waals surface area contributed by atoms with Crippen molar-refractivity contribution in [1.82, 2.24) is 10.2 Å². The van der Waals surface area contributed by atoms with Crippen molar-refractivity contribution in [1.29, 1.82) is 0 Å². The molecule has 1 saturated carbocycles. The van der Waals surface area contributed by atoms with Crippen LogP contribution in [0.4, 0.5) is 0 Å². The first-order valence-corrected chi connectivity index (χ1v) is 8.51. The van der Waals surface area contributed by atoms with Crippen molar-refractivity contribution in [3.63, 3.8) is 0 Å². The number of hydrogen-bond donors (Lipinski definition) is 2. The van der Waals surface area contributed by atoms with Crippen LogP contribution in [0.5, 0.6) is 0 Å². The van der Waals surface area contributed by atoms with E-state index in [1.54, 1.807) is 0 Å². The zero-order valence-electron chi connectivity index (χ0n) is 14.3. The Bertz CT molecular complexity index is 270. The standard InChI is InChI=1S/C17H36N2O/c1-6-18-17(13-20)10-7-8-16(17)9-11-19(5)15(4)12-14(2)3/h14-16,18,20H,6-13H2,1-5H3. The summed E-state index contributed by atoms with van der Waals surface area (Å²) in [5, 5.41) is 13.4. The van der Waals surface area contributed by atoms with Gasteiger partial charge < -0.3 is 15.3 Å². The van der Waals surface area contributed by atoms with Gasteiger partial charge in [-0.25, -0.2) is 0 Å². The van der Waals surface area contributed by atoms with E-state index in [0.29, 0.717) is 12.0 Å². The lowest BCUT2D eigenvalue weighted by molar-refractivity contribution is 0.110. The molecule has 3 heteroatoms. The van der Waals surface area contributed by atoms with E-state index in [4.69, 9.17) is 0 Å². The maximum Gasteiger partial charge on any atom is 0.0616 e. The van der Waals surface area contributed by atoms with Crippen LogP contribution in [0.3, 0.4) is 0 Å². The van der Waals surface area contributed by atoms with Crippen molar-refractivity contribution in [3.8, 4) is 0 Å². The second-order valence-electron chi connectivity index (χ2n) is 7.18. The van der Waals surface area contributed by atoms with Crippen molar-refractivity contribution in [2.24, 2.45) is 11.8 Å². The van der Waals surface area contributed by atoms with Crippen LogP contribution in [0.2, 0.25) is 0 Å². The minimum atomic E-state index is -0.00310. The topological polar surface area (TPSA) is 35.5 Å². The molecular weight excluding hydrogens is 248 g/mol. The number of likely N-dealkylation sites (N-methyl/N-ethyl adjacent to an activating group) is 1. The van der Waals surface area contributed by atoms with Gasteiger partial charge >= 0.3 is 0 Å². The van der Waals surface area contributed by atoms with Gasteiger partial charge in [0.15, 0.2) is 0 Å². The molecule has 1 aliphatic carbocycles. The van der Waals surface area contributed by atoms with Crippen LogP contribution in [0.1, 0.15) is 59.8 Å². The minimum absolute atomic E-state index is 0.00310. The second-order valence-corrected chi connectivity index (χ2v) is 7.18. The largest absolute Gasteiger partial charge is 0.394 e. The Hall–Kier alpha value is -0.120. The van der Waals surface area contributed by atoms with Gasteiger partial charge in [-0.3, -0.25) is 0 Å². The third-order valence-corrected chi connectivity index (χ3v) is 5.16. The van der Waals surface area contributed by atoms with E-state index in [1.807, 2.05) is 0 Å². The molecule has 0 aromatic heterocycles. The molecular formula is C17H36N2O. The van der Waals surface area contributed by atoms with Gasteiger partial charge in [0.1, 0.15) is 0 Å². The van der Waals surface area contributed by atoms with Crippen LogP contribution in [-0.2, 0) is 0 Å². The molecule has 2 N–H and O–H groups in total. The van der Waals surface area contributed by atoms with Crippen LogP contribution in [0.25, 0.3) is 0 Å². The molecule has 120 valence electrons. The zero-order valence-corrected chi connectivity index (χ0v) is 14.3. The SMILES string of the molecule is CCNC1(CO)CCCC1CCN(C)C(C)CC(C)C. The average molecular weight is 284 g/mol. The van der Waals surface area contributed by atoms with Crippen molar-refractivity contribution < 1.29 is 5.11 Å². The Morgan fingerprint density at radius 1 is 1.35 bits per heavy atom. The summed E-state index contributed by atoms with van der Waals surface area (Å²) in [5.74, 6) is 1.39. The third-order valence-electron chi connectivity index (χ3n) is 5.16. The van der Waals surface area contributed by atoms with E-state index in [2.05, 4.69) is 45.0 Å². The van der Waals surface area contributed by atoms with Gasteiger partial charge in [0.05, 0.1) is 6.61 Å². The highest BCUT2D eigenvalue weighted by Crippen LogP contribution is 2.37. The Balaban J connectivity index is 2.47. The molecule has 0 aromatic rings. The van der Waals surface area contributed by atoms with Crippen LogP contribution in [-0.4, -0.2) is 48.3 Å². The summed E-state index contributed by atoms with van der Waals surface area (Å²) < 4.78 is 0. The molecule has 0 spiro atoms. The molecule has 1 aliphatic rings. The quantitative estimate of drug-likeness (QED) is 0.683.